The molecule has 27 heavy (non-hydrogen) atoms. The first-order chi connectivity index (χ1) is 12.7. The molecule has 1 aromatic heterocycles. The number of urea groups is 1. The van der Waals surface area contributed by atoms with Gasteiger partial charge in [0.1, 0.15) is 11.4 Å². The van der Waals surface area contributed by atoms with Gasteiger partial charge in [0, 0.05) is 18.7 Å². The molecule has 0 saturated heterocycles. The molecule has 0 fully saturated rings. The molecule has 1 heterocycles. The number of carbonyl (C=O) groups is 1. The molecule has 2 aromatic carbocycles. The summed E-state index contributed by atoms with van der Waals surface area (Å²) in [5, 5.41) is 7.71. The minimum absolute atomic E-state index is 0.0551. The van der Waals surface area contributed by atoms with E-state index in [9.17, 15) is 13.2 Å². The number of carbonyl (C=O) groups excluding carboxylic acids is 1. The minimum Gasteiger partial charge on any atom is -0.495 e. The van der Waals surface area contributed by atoms with Crippen molar-refractivity contribution in [2.45, 2.75) is 4.90 Å². The molecular weight excluding hydrogens is 388 g/mol. The smallest absolute Gasteiger partial charge is 0.336 e. The second kappa shape index (κ2) is 7.12. The lowest BCUT2D eigenvalue weighted by Gasteiger charge is -2.20. The second-order valence-electron chi connectivity index (χ2n) is 5.85. The van der Waals surface area contributed by atoms with Crippen molar-refractivity contribution in [1.82, 2.24) is 9.78 Å². The molecule has 0 aliphatic heterocycles. The zero-order chi connectivity index (χ0) is 19.8. The lowest BCUT2D eigenvalue weighted by Crippen LogP contribution is -2.27. The molecule has 0 aliphatic rings. The highest BCUT2D eigenvalue weighted by atomic mass is 32.2. The summed E-state index contributed by atoms with van der Waals surface area (Å²) in [4.78, 5) is 12.8. The minimum atomic E-state index is -3.45. The molecule has 0 radical (unpaired) electrons. The summed E-state index contributed by atoms with van der Waals surface area (Å²) < 4.78 is 31.6. The molecule has 142 valence electrons. The van der Waals surface area contributed by atoms with Crippen molar-refractivity contribution in [3.05, 3.63) is 42.6 Å². The van der Waals surface area contributed by atoms with Gasteiger partial charge < -0.3 is 10.1 Å². The molecule has 1 N–H and O–H groups in total. The quantitative estimate of drug-likeness (QED) is 0.650. The van der Waals surface area contributed by atoms with Gasteiger partial charge in [-0.05, 0) is 30.3 Å². The van der Waals surface area contributed by atoms with Crippen LogP contribution in [0.4, 0.5) is 16.2 Å². The van der Waals surface area contributed by atoms with E-state index in [1.165, 1.54) is 25.3 Å². The standard InChI is InChI=1S/C17H18N4O4S2/c1-20-14-6-4-5-13(12(14)10-18-20)19-17(22)21(26)15-9-11(27(3,23)24)7-8-16(15)25-2/h4-10,26H,1-3H3,(H,19,22). The first kappa shape index (κ1) is 19.1. The van der Waals surface area contributed by atoms with Gasteiger partial charge in [-0.25, -0.2) is 17.5 Å². The first-order valence-electron chi connectivity index (χ1n) is 7.81. The summed E-state index contributed by atoms with van der Waals surface area (Å²) in [6.07, 6.45) is 2.74. The third-order valence-corrected chi connectivity index (χ3v) is 5.54. The number of fused-ring (bicyclic) bond motifs is 1. The Bertz CT molecular complexity index is 1130. The Morgan fingerprint density at radius 3 is 2.70 bits per heavy atom. The number of hydrogen-bond acceptors (Lipinski definition) is 6. The van der Waals surface area contributed by atoms with Crippen LogP contribution in [0.5, 0.6) is 5.75 Å². The van der Waals surface area contributed by atoms with Gasteiger partial charge in [0.2, 0.25) is 0 Å². The molecule has 0 saturated carbocycles. The monoisotopic (exact) mass is 406 g/mol. The average Bonchev–Trinajstić information content (AvgIpc) is 3.02. The Hall–Kier alpha value is -2.72. The number of anilines is 2. The van der Waals surface area contributed by atoms with Gasteiger partial charge in [0.15, 0.2) is 9.84 Å². The molecule has 8 nitrogen and oxygen atoms in total. The van der Waals surface area contributed by atoms with E-state index in [1.54, 1.807) is 30.1 Å². The van der Waals surface area contributed by atoms with Gasteiger partial charge in [0.25, 0.3) is 0 Å². The van der Waals surface area contributed by atoms with Crippen LogP contribution in [0.2, 0.25) is 0 Å². The fourth-order valence-electron chi connectivity index (χ4n) is 2.63. The number of hydrogen-bond donors (Lipinski definition) is 2. The third kappa shape index (κ3) is 3.71. The highest BCUT2D eigenvalue weighted by Gasteiger charge is 2.20. The molecule has 0 spiro atoms. The molecule has 3 rings (SSSR count). The Kier molecular flexibility index (Phi) is 5.03. The Labute approximate surface area is 162 Å². The van der Waals surface area contributed by atoms with Gasteiger partial charge in [-0.15, -0.1) is 0 Å². The summed E-state index contributed by atoms with van der Waals surface area (Å²) in [5.74, 6) is 0.312. The van der Waals surface area contributed by atoms with Crippen LogP contribution < -0.4 is 14.4 Å². The number of aryl methyl sites for hydroxylation is 1. The van der Waals surface area contributed by atoms with Crippen LogP contribution in [0.3, 0.4) is 0 Å². The number of thiol groups is 1. The normalized spacial score (nSPS) is 11.4. The van der Waals surface area contributed by atoms with Crippen LogP contribution in [0, 0.1) is 0 Å². The lowest BCUT2D eigenvalue weighted by molar-refractivity contribution is 0.260. The number of rotatable bonds is 4. The first-order valence-corrected chi connectivity index (χ1v) is 10.1. The third-order valence-electron chi connectivity index (χ3n) is 4.03. The van der Waals surface area contributed by atoms with Crippen LogP contribution in [0.1, 0.15) is 0 Å². The fourth-order valence-corrected chi connectivity index (χ4v) is 3.48. The Morgan fingerprint density at radius 1 is 1.30 bits per heavy atom. The largest absolute Gasteiger partial charge is 0.495 e. The fraction of sp³-hybridized carbons (Fsp3) is 0.176. The molecule has 3 aromatic rings. The van der Waals surface area contributed by atoms with Crippen molar-refractivity contribution in [3.63, 3.8) is 0 Å². The maximum atomic E-state index is 12.7. The van der Waals surface area contributed by atoms with Crippen molar-refractivity contribution in [1.29, 1.82) is 0 Å². The SMILES string of the molecule is COc1ccc(S(C)(=O)=O)cc1N(S)C(=O)Nc1cccc2c1cnn2C. The van der Waals surface area contributed by atoms with E-state index in [2.05, 4.69) is 23.2 Å². The van der Waals surface area contributed by atoms with Gasteiger partial charge in [-0.2, -0.15) is 5.10 Å². The van der Waals surface area contributed by atoms with E-state index in [-0.39, 0.29) is 10.6 Å². The summed E-state index contributed by atoms with van der Waals surface area (Å²) >= 11 is 4.24. The van der Waals surface area contributed by atoms with Crippen LogP contribution in [-0.4, -0.2) is 37.6 Å². The molecule has 0 atom stereocenters. The molecule has 0 bridgehead atoms. The van der Waals surface area contributed by atoms with Gasteiger partial charge >= 0.3 is 6.03 Å². The van der Waals surface area contributed by atoms with E-state index in [1.807, 2.05) is 6.07 Å². The summed E-state index contributed by atoms with van der Waals surface area (Å²) in [6.45, 7) is 0. The number of nitrogens with zero attached hydrogens (tertiary/aromatic N) is 3. The molecule has 0 aliphatic carbocycles. The molecular formula is C17H18N4O4S2. The molecule has 0 unspecified atom stereocenters. The number of ether oxygens (including phenoxy) is 1. The predicted molar refractivity (Wildman–Crippen MR) is 107 cm³/mol. The average molecular weight is 406 g/mol. The highest BCUT2D eigenvalue weighted by Crippen LogP contribution is 2.33. The Morgan fingerprint density at radius 2 is 2.04 bits per heavy atom. The number of sulfone groups is 1. The lowest BCUT2D eigenvalue weighted by atomic mass is 10.2. The van der Waals surface area contributed by atoms with E-state index in [4.69, 9.17) is 4.74 Å². The zero-order valence-electron chi connectivity index (χ0n) is 14.9. The van der Waals surface area contributed by atoms with E-state index in [0.29, 0.717) is 11.4 Å². The van der Waals surface area contributed by atoms with Gasteiger partial charge in [-0.3, -0.25) is 4.68 Å². The van der Waals surface area contributed by atoms with Gasteiger partial charge in [-0.1, -0.05) is 18.9 Å². The van der Waals surface area contributed by atoms with Crippen LogP contribution in [-0.2, 0) is 16.9 Å². The number of aromatic nitrogens is 2. The number of amides is 2. The number of nitrogens with one attached hydrogen (secondary N) is 1. The van der Waals surface area contributed by atoms with E-state index < -0.39 is 15.9 Å². The van der Waals surface area contributed by atoms with Gasteiger partial charge in [0.05, 0.1) is 29.4 Å². The van der Waals surface area contributed by atoms with Crippen molar-refractivity contribution in [2.24, 2.45) is 7.05 Å². The van der Waals surface area contributed by atoms with Crippen LogP contribution in [0.15, 0.2) is 47.5 Å². The summed E-state index contributed by atoms with van der Waals surface area (Å²) in [7, 11) is -0.222. The second-order valence-corrected chi connectivity index (χ2v) is 8.27. The van der Waals surface area contributed by atoms with Crippen molar-refractivity contribution >= 4 is 51.0 Å². The van der Waals surface area contributed by atoms with Crippen LogP contribution >= 0.6 is 12.8 Å². The zero-order valence-corrected chi connectivity index (χ0v) is 16.6. The number of methoxy groups -OCH3 is 1. The van der Waals surface area contributed by atoms with Crippen molar-refractivity contribution in [3.8, 4) is 5.75 Å². The van der Waals surface area contributed by atoms with Crippen molar-refractivity contribution < 1.29 is 17.9 Å². The van der Waals surface area contributed by atoms with E-state index >= 15 is 0 Å². The molecule has 2 amide bonds. The molecule has 10 heteroatoms. The maximum Gasteiger partial charge on any atom is 0.336 e. The topological polar surface area (TPSA) is 93.5 Å². The number of benzene rings is 2. The predicted octanol–water partition coefficient (Wildman–Crippen LogP) is 2.87. The Balaban J connectivity index is 1.95. The van der Waals surface area contributed by atoms with Crippen molar-refractivity contribution in [2.75, 3.05) is 23.0 Å². The summed E-state index contributed by atoms with van der Waals surface area (Å²) in [6, 6.07) is 9.08. The van der Waals surface area contributed by atoms with Crippen LogP contribution in [0.25, 0.3) is 10.9 Å². The maximum absolute atomic E-state index is 12.7. The summed E-state index contributed by atoms with van der Waals surface area (Å²) in [5.41, 5.74) is 1.62. The van der Waals surface area contributed by atoms with E-state index in [0.717, 1.165) is 21.5 Å². The highest BCUT2D eigenvalue weighted by molar-refractivity contribution is 7.90.